The normalized spacial score (nSPS) is 23.0. The molecule has 1 fully saturated rings. The van der Waals surface area contributed by atoms with Gasteiger partial charge in [0.2, 0.25) is 11.8 Å². The topological polar surface area (TPSA) is 173 Å². The molecule has 342 valence electrons. The molecule has 6 atom stereocenters. The Hall–Kier alpha value is -4.37. The first kappa shape index (κ1) is 50.3. The molecule has 0 radical (unpaired) electrons. The Bertz CT molecular complexity index is 1890. The summed E-state index contributed by atoms with van der Waals surface area (Å²) in [7, 11) is 1.49. The van der Waals surface area contributed by atoms with Crippen molar-refractivity contribution in [2.24, 2.45) is 17.3 Å². The highest BCUT2D eigenvalue weighted by Crippen LogP contribution is 2.33. The molecule has 62 heavy (non-hydrogen) atoms. The zero-order valence-electron chi connectivity index (χ0n) is 37.4. The van der Waals surface area contributed by atoms with Crippen molar-refractivity contribution in [3.63, 3.8) is 0 Å². The van der Waals surface area contributed by atoms with E-state index >= 15 is 0 Å². The number of benzene rings is 2. The second-order valence-corrected chi connectivity index (χ2v) is 19.1. The van der Waals surface area contributed by atoms with Crippen LogP contribution in [0, 0.1) is 17.3 Å². The van der Waals surface area contributed by atoms with Crippen molar-refractivity contribution >= 4 is 53.0 Å². The average Bonchev–Trinajstić information content (AvgIpc) is 3.20. The predicted molar refractivity (Wildman–Crippen MR) is 237 cm³/mol. The molecule has 4 rings (SSSR count). The quantitative estimate of drug-likeness (QED) is 0.130. The Kier molecular flexibility index (Phi) is 18.1. The van der Waals surface area contributed by atoms with Crippen molar-refractivity contribution in [2.45, 2.75) is 117 Å². The molecular weight excluding hydrogens is 839 g/mol. The SMILES string of the molecule is COc1ccc(C[C@H]2NC(=O)/C=C/C[C@@H]([C@H](C)[C@@H](O)[C@@H](Cl)c3ccc(CN4CCN(C(=O)OC(C)(C)C)CC4)cc3)OC(=O)[C@H](CC(C)C)OC(=O)C(C)(C)CNC2=O)cc1Cl. The first-order chi connectivity index (χ1) is 29.1. The molecule has 2 aliphatic rings. The van der Waals surface area contributed by atoms with Gasteiger partial charge in [0.1, 0.15) is 23.5 Å². The number of aliphatic hydroxyl groups is 1. The number of cyclic esters (lactones) is 2. The first-order valence-electron chi connectivity index (χ1n) is 21.2. The summed E-state index contributed by atoms with van der Waals surface area (Å²) < 4.78 is 22.6. The second-order valence-electron chi connectivity index (χ2n) is 18.2. The molecule has 0 unspecified atom stereocenters. The number of hydrogen-bond donors (Lipinski definition) is 3. The van der Waals surface area contributed by atoms with Gasteiger partial charge in [0.05, 0.1) is 29.0 Å². The van der Waals surface area contributed by atoms with E-state index in [1.807, 2.05) is 58.9 Å². The van der Waals surface area contributed by atoms with Crippen LogP contribution in [0.1, 0.15) is 90.3 Å². The maximum atomic E-state index is 13.8. The zero-order valence-corrected chi connectivity index (χ0v) is 38.9. The lowest BCUT2D eigenvalue weighted by Gasteiger charge is -2.35. The predicted octanol–water partition coefficient (Wildman–Crippen LogP) is 6.38. The van der Waals surface area contributed by atoms with Crippen molar-refractivity contribution in [3.05, 3.63) is 76.3 Å². The third kappa shape index (κ3) is 14.9. The molecular formula is C46H64Cl2N4O10. The van der Waals surface area contributed by atoms with Gasteiger partial charge >= 0.3 is 18.0 Å². The van der Waals surface area contributed by atoms with Gasteiger partial charge in [0, 0.05) is 58.0 Å². The summed E-state index contributed by atoms with van der Waals surface area (Å²) in [6, 6.07) is 11.6. The molecule has 2 aromatic carbocycles. The zero-order chi connectivity index (χ0) is 45.9. The fraction of sp³-hybridized carbons (Fsp3) is 0.587. The number of esters is 2. The van der Waals surface area contributed by atoms with Gasteiger partial charge in [-0.2, -0.15) is 0 Å². The third-order valence-corrected chi connectivity index (χ3v) is 11.6. The Balaban J connectivity index is 1.52. The van der Waals surface area contributed by atoms with Crippen molar-refractivity contribution in [2.75, 3.05) is 39.8 Å². The Morgan fingerprint density at radius 2 is 1.63 bits per heavy atom. The number of nitrogens with zero attached hydrogens (tertiary/aromatic N) is 2. The number of amides is 3. The smallest absolute Gasteiger partial charge is 0.410 e. The van der Waals surface area contributed by atoms with E-state index in [1.54, 1.807) is 43.9 Å². The number of hydrogen-bond acceptors (Lipinski definition) is 11. The van der Waals surface area contributed by atoms with Crippen LogP contribution in [0.3, 0.4) is 0 Å². The minimum Gasteiger partial charge on any atom is -0.495 e. The summed E-state index contributed by atoms with van der Waals surface area (Å²) >= 11 is 13.3. The average molecular weight is 904 g/mol. The lowest BCUT2D eigenvalue weighted by molar-refractivity contribution is -0.180. The molecule has 0 aromatic heterocycles. The summed E-state index contributed by atoms with van der Waals surface area (Å²) in [6.45, 7) is 17.2. The Morgan fingerprint density at radius 3 is 2.23 bits per heavy atom. The van der Waals surface area contributed by atoms with Crippen LogP contribution < -0.4 is 15.4 Å². The molecule has 2 aliphatic heterocycles. The number of carbonyl (C=O) groups is 5. The maximum absolute atomic E-state index is 13.8. The lowest BCUT2D eigenvalue weighted by Crippen LogP contribution is -2.51. The van der Waals surface area contributed by atoms with Crippen LogP contribution in [-0.2, 0) is 46.4 Å². The first-order valence-corrected chi connectivity index (χ1v) is 22.0. The van der Waals surface area contributed by atoms with E-state index in [0.29, 0.717) is 54.6 Å². The molecule has 2 heterocycles. The van der Waals surface area contributed by atoms with E-state index in [2.05, 4.69) is 15.5 Å². The van der Waals surface area contributed by atoms with Crippen LogP contribution in [0.5, 0.6) is 5.75 Å². The van der Waals surface area contributed by atoms with Crippen LogP contribution in [0.25, 0.3) is 0 Å². The highest BCUT2D eigenvalue weighted by atomic mass is 35.5. The third-order valence-electron chi connectivity index (χ3n) is 10.8. The van der Waals surface area contributed by atoms with Gasteiger partial charge in [-0.15, -0.1) is 11.6 Å². The van der Waals surface area contributed by atoms with Crippen molar-refractivity contribution in [3.8, 4) is 5.75 Å². The molecule has 0 aliphatic carbocycles. The van der Waals surface area contributed by atoms with Crippen LogP contribution in [0.15, 0.2) is 54.6 Å². The van der Waals surface area contributed by atoms with Crippen LogP contribution in [0.2, 0.25) is 5.02 Å². The van der Waals surface area contributed by atoms with Crippen LogP contribution in [0.4, 0.5) is 4.79 Å². The Morgan fingerprint density at radius 1 is 0.984 bits per heavy atom. The van der Waals surface area contributed by atoms with E-state index in [9.17, 15) is 29.1 Å². The van der Waals surface area contributed by atoms with Gasteiger partial charge in [0.25, 0.3) is 0 Å². The summed E-state index contributed by atoms with van der Waals surface area (Å²) in [5, 5.41) is 16.6. The number of piperazine rings is 1. The summed E-state index contributed by atoms with van der Waals surface area (Å²) in [5.74, 6) is -3.05. The van der Waals surface area contributed by atoms with Gasteiger partial charge in [0.15, 0.2) is 6.10 Å². The summed E-state index contributed by atoms with van der Waals surface area (Å²) in [4.78, 5) is 70.9. The highest BCUT2D eigenvalue weighted by molar-refractivity contribution is 6.32. The minimum atomic E-state index is -1.28. The van der Waals surface area contributed by atoms with E-state index < -0.39 is 70.4 Å². The standard InChI is InChI=1S/C46H64Cl2N4O10/c1-28(2)23-37-42(56)60-35(29(3)40(54)39(48)32-16-13-30(14-17-32)26-51-19-21-52(22-20-51)44(58)62-45(4,5)6)11-10-12-38(53)50-34(25-31-15-18-36(59-9)33(47)24-31)41(55)49-27-46(7,8)43(57)61-37/h10,12-18,24,28-29,34-35,37,39-40,54H,11,19-23,25-27H2,1-9H3,(H,49,55)(H,50,53)/b12-10+/t29-,34+,35-,37-,39-,40+/m0/s1. The molecule has 3 amide bonds. The minimum absolute atomic E-state index is 0.0140. The lowest BCUT2D eigenvalue weighted by atomic mass is 9.90. The van der Waals surface area contributed by atoms with Gasteiger partial charge in [-0.25, -0.2) is 9.59 Å². The molecule has 1 saturated heterocycles. The molecule has 16 heteroatoms. The molecule has 2 aromatic rings. The van der Waals surface area contributed by atoms with E-state index in [4.69, 9.17) is 42.1 Å². The monoisotopic (exact) mass is 902 g/mol. The largest absolute Gasteiger partial charge is 0.495 e. The molecule has 0 saturated carbocycles. The van der Waals surface area contributed by atoms with Gasteiger partial charge in [-0.3, -0.25) is 19.3 Å². The number of carbonyl (C=O) groups excluding carboxylic acids is 5. The van der Waals surface area contributed by atoms with Gasteiger partial charge in [-0.05, 0) is 81.9 Å². The Labute approximate surface area is 375 Å². The molecule has 0 spiro atoms. The molecule has 14 nitrogen and oxygen atoms in total. The molecule has 3 N–H and O–H groups in total. The van der Waals surface area contributed by atoms with Gasteiger partial charge < -0.3 is 39.6 Å². The van der Waals surface area contributed by atoms with E-state index in [0.717, 1.165) is 5.56 Å². The van der Waals surface area contributed by atoms with Crippen molar-refractivity contribution < 1.29 is 48.0 Å². The maximum Gasteiger partial charge on any atom is 0.410 e. The summed E-state index contributed by atoms with van der Waals surface area (Å²) in [6.07, 6.45) is -0.852. The number of ether oxygens (including phenoxy) is 4. The fourth-order valence-electron chi connectivity index (χ4n) is 6.98. The number of rotatable bonds is 11. The van der Waals surface area contributed by atoms with Crippen molar-refractivity contribution in [1.82, 2.24) is 20.4 Å². The number of methoxy groups -OCH3 is 1. The van der Waals surface area contributed by atoms with Crippen LogP contribution in [-0.4, -0.2) is 115 Å². The molecule has 0 bridgehead atoms. The van der Waals surface area contributed by atoms with E-state index in [1.165, 1.54) is 19.3 Å². The summed E-state index contributed by atoms with van der Waals surface area (Å²) in [5.41, 5.74) is 0.498. The van der Waals surface area contributed by atoms with Gasteiger partial charge in [-0.1, -0.05) is 68.8 Å². The fourth-order valence-corrected chi connectivity index (χ4v) is 7.64. The van der Waals surface area contributed by atoms with E-state index in [-0.39, 0.29) is 37.8 Å². The number of alkyl halides is 1. The number of nitrogens with one attached hydrogen (secondary N) is 2. The number of aliphatic hydroxyl groups excluding tert-OH is 1. The van der Waals surface area contributed by atoms with Crippen LogP contribution >= 0.6 is 23.2 Å². The number of halogens is 2. The highest BCUT2D eigenvalue weighted by Gasteiger charge is 2.39. The van der Waals surface area contributed by atoms with Crippen molar-refractivity contribution in [1.29, 1.82) is 0 Å². The second kappa shape index (κ2) is 22.3.